The van der Waals surface area contributed by atoms with Gasteiger partial charge in [-0.3, -0.25) is 0 Å². The lowest BCUT2D eigenvalue weighted by Crippen LogP contribution is -1.87. The van der Waals surface area contributed by atoms with Crippen molar-refractivity contribution < 1.29 is 0 Å². The number of benzene rings is 1. The molecule has 2 heteroatoms. The second kappa shape index (κ2) is 5.21. The predicted molar refractivity (Wildman–Crippen MR) is 68.0 cm³/mol. The summed E-state index contributed by atoms with van der Waals surface area (Å²) in [7, 11) is 0. The van der Waals surface area contributed by atoms with Crippen molar-refractivity contribution in [2.75, 3.05) is 0 Å². The molecule has 0 fully saturated rings. The Morgan fingerprint density at radius 3 is 2.94 bits per heavy atom. The molecule has 80 valence electrons. The number of aromatic nitrogens is 2. The van der Waals surface area contributed by atoms with Crippen LogP contribution in [0.3, 0.4) is 0 Å². The lowest BCUT2D eigenvalue weighted by Gasteiger charge is -1.98. The van der Waals surface area contributed by atoms with E-state index < -0.39 is 0 Å². The molecule has 2 aromatic rings. The van der Waals surface area contributed by atoms with Gasteiger partial charge < -0.3 is 0 Å². The van der Waals surface area contributed by atoms with Gasteiger partial charge in [-0.2, -0.15) is 10.2 Å². The zero-order valence-corrected chi connectivity index (χ0v) is 9.30. The number of nitrogens with zero attached hydrogens (tertiary/aromatic N) is 2. The third kappa shape index (κ3) is 2.34. The van der Waals surface area contributed by atoms with E-state index in [1.807, 2.05) is 36.4 Å². The Morgan fingerprint density at radius 1 is 1.19 bits per heavy atom. The van der Waals surface area contributed by atoms with E-state index >= 15 is 0 Å². The van der Waals surface area contributed by atoms with Crippen LogP contribution in [0.15, 0.2) is 48.7 Å². The Bertz CT molecular complexity index is 522. The molecule has 2 nitrogen and oxygen atoms in total. The molecule has 1 heterocycles. The summed E-state index contributed by atoms with van der Waals surface area (Å²) in [5, 5.41) is 10.4. The molecular formula is C14H14N2. The van der Waals surface area contributed by atoms with Crippen LogP contribution in [0.25, 0.3) is 16.8 Å². The minimum Gasteiger partial charge on any atom is -0.158 e. The first kappa shape index (κ1) is 10.6. The fourth-order valence-corrected chi connectivity index (χ4v) is 1.53. The van der Waals surface area contributed by atoms with Crippen LogP contribution in [0.2, 0.25) is 0 Å². The molecule has 2 rings (SSSR count). The van der Waals surface area contributed by atoms with Crippen molar-refractivity contribution >= 4 is 16.8 Å². The summed E-state index contributed by atoms with van der Waals surface area (Å²) < 4.78 is 0. The van der Waals surface area contributed by atoms with E-state index in [1.165, 1.54) is 0 Å². The highest BCUT2D eigenvalue weighted by atomic mass is 15.1. The molecule has 16 heavy (non-hydrogen) atoms. The van der Waals surface area contributed by atoms with Gasteiger partial charge in [-0.1, -0.05) is 49.4 Å². The molecule has 0 spiro atoms. The molecular weight excluding hydrogens is 196 g/mol. The van der Waals surface area contributed by atoms with Crippen LogP contribution in [0, 0.1) is 0 Å². The van der Waals surface area contributed by atoms with E-state index in [2.05, 4.69) is 29.3 Å². The predicted octanol–water partition coefficient (Wildman–Crippen LogP) is 3.61. The second-order valence-corrected chi connectivity index (χ2v) is 3.51. The van der Waals surface area contributed by atoms with Crippen LogP contribution in [0.1, 0.15) is 19.0 Å². The first-order valence-electron chi connectivity index (χ1n) is 5.45. The highest BCUT2D eigenvalue weighted by Gasteiger charge is 1.97. The fraction of sp³-hybridized carbons (Fsp3) is 0.143. The molecule has 0 atom stereocenters. The van der Waals surface area contributed by atoms with Gasteiger partial charge in [-0.05, 0) is 12.5 Å². The maximum absolute atomic E-state index is 4.13. The third-order valence-corrected chi connectivity index (χ3v) is 2.34. The van der Waals surface area contributed by atoms with Gasteiger partial charge in [0.2, 0.25) is 0 Å². The van der Waals surface area contributed by atoms with E-state index in [0.717, 1.165) is 22.9 Å². The molecule has 0 amide bonds. The number of allylic oxidation sites excluding steroid dienone is 3. The molecule has 0 aliphatic rings. The van der Waals surface area contributed by atoms with Gasteiger partial charge in [0.05, 0.1) is 11.9 Å². The Kier molecular flexibility index (Phi) is 3.44. The average Bonchev–Trinajstić information content (AvgIpc) is 2.35. The van der Waals surface area contributed by atoms with E-state index in [1.54, 1.807) is 6.20 Å². The number of hydrogen-bond donors (Lipinski definition) is 0. The molecule has 1 aromatic heterocycles. The Morgan fingerprint density at radius 2 is 2.06 bits per heavy atom. The summed E-state index contributed by atoms with van der Waals surface area (Å²) in [6.07, 6.45) is 11.0. The molecule has 0 aliphatic carbocycles. The topological polar surface area (TPSA) is 25.8 Å². The van der Waals surface area contributed by atoms with Crippen LogP contribution in [0.5, 0.6) is 0 Å². The summed E-state index contributed by atoms with van der Waals surface area (Å²) >= 11 is 0. The first-order valence-corrected chi connectivity index (χ1v) is 5.45. The highest BCUT2D eigenvalue weighted by molar-refractivity contribution is 5.88. The van der Waals surface area contributed by atoms with Gasteiger partial charge in [0, 0.05) is 10.8 Å². The second-order valence-electron chi connectivity index (χ2n) is 3.51. The third-order valence-electron chi connectivity index (χ3n) is 2.34. The number of hydrogen-bond acceptors (Lipinski definition) is 2. The SMILES string of the molecule is CC/C=C/C=C/c1nncc2ccccc12. The quantitative estimate of drug-likeness (QED) is 0.723. The van der Waals surface area contributed by atoms with Crippen molar-refractivity contribution in [1.82, 2.24) is 10.2 Å². The van der Waals surface area contributed by atoms with Gasteiger partial charge in [-0.15, -0.1) is 0 Å². The maximum Gasteiger partial charge on any atom is 0.0935 e. The van der Waals surface area contributed by atoms with E-state index in [4.69, 9.17) is 0 Å². The largest absolute Gasteiger partial charge is 0.158 e. The van der Waals surface area contributed by atoms with Gasteiger partial charge in [0.1, 0.15) is 0 Å². The fourth-order valence-electron chi connectivity index (χ4n) is 1.53. The van der Waals surface area contributed by atoms with E-state index in [0.29, 0.717) is 0 Å². The van der Waals surface area contributed by atoms with Crippen molar-refractivity contribution in [3.8, 4) is 0 Å². The van der Waals surface area contributed by atoms with Crippen molar-refractivity contribution in [2.24, 2.45) is 0 Å². The molecule has 0 saturated heterocycles. The first-order chi connectivity index (χ1) is 7.92. The molecule has 0 bridgehead atoms. The summed E-state index contributed by atoms with van der Waals surface area (Å²) in [6, 6.07) is 8.13. The summed E-state index contributed by atoms with van der Waals surface area (Å²) in [5.74, 6) is 0. The minimum atomic E-state index is 0.916. The minimum absolute atomic E-state index is 0.916. The van der Waals surface area contributed by atoms with E-state index in [-0.39, 0.29) is 0 Å². The zero-order valence-electron chi connectivity index (χ0n) is 9.30. The van der Waals surface area contributed by atoms with Crippen molar-refractivity contribution in [3.05, 3.63) is 54.4 Å². The summed E-state index contributed by atoms with van der Waals surface area (Å²) in [6.45, 7) is 2.11. The maximum atomic E-state index is 4.13. The molecule has 0 radical (unpaired) electrons. The zero-order chi connectivity index (χ0) is 11.2. The van der Waals surface area contributed by atoms with Crippen molar-refractivity contribution in [2.45, 2.75) is 13.3 Å². The normalized spacial score (nSPS) is 11.8. The van der Waals surface area contributed by atoms with E-state index in [9.17, 15) is 0 Å². The molecule has 0 saturated carbocycles. The van der Waals surface area contributed by atoms with Crippen LogP contribution >= 0.6 is 0 Å². The highest BCUT2D eigenvalue weighted by Crippen LogP contribution is 2.15. The smallest absolute Gasteiger partial charge is 0.0935 e. The van der Waals surface area contributed by atoms with Crippen LogP contribution in [0.4, 0.5) is 0 Å². The number of fused-ring (bicyclic) bond motifs is 1. The monoisotopic (exact) mass is 210 g/mol. The molecule has 0 N–H and O–H groups in total. The summed E-state index contributed by atoms with van der Waals surface area (Å²) in [5.41, 5.74) is 0.916. The lowest BCUT2D eigenvalue weighted by atomic mass is 10.1. The lowest BCUT2D eigenvalue weighted by molar-refractivity contribution is 1.04. The Hall–Kier alpha value is -1.96. The Labute approximate surface area is 95.3 Å². The van der Waals surface area contributed by atoms with Crippen molar-refractivity contribution in [1.29, 1.82) is 0 Å². The van der Waals surface area contributed by atoms with Crippen LogP contribution in [-0.4, -0.2) is 10.2 Å². The molecule has 0 aliphatic heterocycles. The number of rotatable bonds is 3. The summed E-state index contributed by atoms with van der Waals surface area (Å²) in [4.78, 5) is 0. The van der Waals surface area contributed by atoms with Crippen molar-refractivity contribution in [3.63, 3.8) is 0 Å². The Balaban J connectivity index is 2.37. The van der Waals surface area contributed by atoms with Crippen LogP contribution < -0.4 is 0 Å². The molecule has 1 aromatic carbocycles. The molecule has 0 unspecified atom stereocenters. The van der Waals surface area contributed by atoms with Crippen LogP contribution in [-0.2, 0) is 0 Å². The standard InChI is InChI=1S/C14H14N2/c1-2-3-4-5-10-14-13-9-7-6-8-12(13)11-15-16-14/h3-11H,2H2,1H3/b4-3+,10-5+. The average molecular weight is 210 g/mol. The van der Waals surface area contributed by atoms with Gasteiger partial charge in [-0.25, -0.2) is 0 Å². The van der Waals surface area contributed by atoms with Gasteiger partial charge in [0.25, 0.3) is 0 Å². The van der Waals surface area contributed by atoms with Gasteiger partial charge >= 0.3 is 0 Å². The van der Waals surface area contributed by atoms with Gasteiger partial charge in [0.15, 0.2) is 0 Å².